The van der Waals surface area contributed by atoms with Crippen LogP contribution in [0.5, 0.6) is 0 Å². The topological polar surface area (TPSA) is 0 Å². The highest BCUT2D eigenvalue weighted by molar-refractivity contribution is 4.63. The van der Waals surface area contributed by atoms with Crippen molar-refractivity contribution in [2.24, 2.45) is 0 Å². The number of allylic oxidation sites excluding steroid dienone is 2. The normalized spacial score (nSPS) is 7.40. The Kier molecular flexibility index (Phi) is 19.3. The fraction of sp³-hybridized carbons (Fsp3) is 0.600. The zero-order chi connectivity index (χ0) is 8.24. The lowest BCUT2D eigenvalue weighted by molar-refractivity contribution is 0.961. The van der Waals surface area contributed by atoms with Crippen LogP contribution in [0.25, 0.3) is 0 Å². The highest BCUT2D eigenvalue weighted by Gasteiger charge is 1.62. The summed E-state index contributed by atoms with van der Waals surface area (Å²) in [5, 5.41) is 0. The van der Waals surface area contributed by atoms with Crippen molar-refractivity contribution in [3.63, 3.8) is 0 Å². The zero-order valence-electron chi connectivity index (χ0n) is 7.40. The van der Waals surface area contributed by atoms with Crippen molar-refractivity contribution >= 4 is 0 Å². The van der Waals surface area contributed by atoms with Gasteiger partial charge in [0.2, 0.25) is 0 Å². The van der Waals surface area contributed by atoms with Crippen LogP contribution >= 0.6 is 0 Å². The molecule has 0 atom stereocenters. The Morgan fingerprint density at radius 2 is 1.20 bits per heavy atom. The van der Waals surface area contributed by atoms with Crippen LogP contribution in [0.15, 0.2) is 25.3 Å². The molecule has 0 aromatic heterocycles. The second-order valence-electron chi connectivity index (χ2n) is 2.15. The lowest BCUT2D eigenvalue weighted by Crippen LogP contribution is -1.52. The number of hydrogen-bond acceptors (Lipinski definition) is 0. The van der Waals surface area contributed by atoms with Gasteiger partial charge in [0.05, 0.1) is 0 Å². The van der Waals surface area contributed by atoms with E-state index in [1.807, 2.05) is 12.2 Å². The summed E-state index contributed by atoms with van der Waals surface area (Å²) < 4.78 is 0. The van der Waals surface area contributed by atoms with E-state index in [9.17, 15) is 0 Å². The minimum absolute atomic E-state index is 1.15. The lowest BCUT2D eigenvalue weighted by atomic mass is 10.3. The molecule has 0 fully saturated rings. The molecule has 0 nitrogen and oxygen atoms in total. The summed E-state index contributed by atoms with van der Waals surface area (Å²) in [6, 6.07) is 0. The maximum absolute atomic E-state index is 3.55. The zero-order valence-corrected chi connectivity index (χ0v) is 7.40. The molecule has 0 N–H and O–H groups in total. The molecule has 0 radical (unpaired) electrons. The number of rotatable bonds is 4. The molecular weight excluding hydrogens is 120 g/mol. The predicted octanol–water partition coefficient (Wildman–Crippen LogP) is 3.95. The van der Waals surface area contributed by atoms with Gasteiger partial charge in [0, 0.05) is 0 Å². The van der Waals surface area contributed by atoms with Gasteiger partial charge >= 0.3 is 0 Å². The first-order valence-corrected chi connectivity index (χ1v) is 4.05. The average Bonchev–Trinajstić information content (AvgIpc) is 1.93. The Morgan fingerprint density at radius 3 is 1.20 bits per heavy atom. The van der Waals surface area contributed by atoms with E-state index in [0.717, 1.165) is 12.8 Å². The van der Waals surface area contributed by atoms with E-state index < -0.39 is 0 Å². The highest BCUT2D eigenvalue weighted by atomic mass is 13.7. The van der Waals surface area contributed by atoms with E-state index in [4.69, 9.17) is 0 Å². The van der Waals surface area contributed by atoms with Crippen LogP contribution in [0.1, 0.15) is 39.5 Å². The summed E-state index contributed by atoms with van der Waals surface area (Å²) in [7, 11) is 0. The molecule has 0 unspecified atom stereocenters. The van der Waals surface area contributed by atoms with E-state index in [1.54, 1.807) is 0 Å². The Morgan fingerprint density at radius 1 is 0.900 bits per heavy atom. The van der Waals surface area contributed by atoms with Crippen LogP contribution in [-0.2, 0) is 0 Å². The van der Waals surface area contributed by atoms with Gasteiger partial charge in [-0.3, -0.25) is 0 Å². The van der Waals surface area contributed by atoms with Crippen molar-refractivity contribution < 1.29 is 0 Å². The van der Waals surface area contributed by atoms with Crippen molar-refractivity contribution in [3.05, 3.63) is 25.3 Å². The van der Waals surface area contributed by atoms with Gasteiger partial charge in [0.15, 0.2) is 0 Å². The second kappa shape index (κ2) is 15.8. The van der Waals surface area contributed by atoms with Gasteiger partial charge in [-0.2, -0.15) is 0 Å². The lowest BCUT2D eigenvalue weighted by Gasteiger charge is -1.72. The van der Waals surface area contributed by atoms with Gasteiger partial charge in [-0.25, -0.2) is 0 Å². The van der Waals surface area contributed by atoms with Crippen molar-refractivity contribution in [3.8, 4) is 0 Å². The van der Waals surface area contributed by atoms with E-state index >= 15 is 0 Å². The van der Waals surface area contributed by atoms with Crippen LogP contribution in [0.4, 0.5) is 0 Å². The van der Waals surface area contributed by atoms with Crippen molar-refractivity contribution in [1.82, 2.24) is 0 Å². The third-order valence-electron chi connectivity index (χ3n) is 0.986. The van der Waals surface area contributed by atoms with Crippen molar-refractivity contribution in [1.29, 1.82) is 0 Å². The molecule has 0 aliphatic heterocycles. The van der Waals surface area contributed by atoms with Gasteiger partial charge in [-0.05, 0) is 12.8 Å². The van der Waals surface area contributed by atoms with Gasteiger partial charge < -0.3 is 0 Å². The molecule has 0 aliphatic rings. The molecular formula is C10H20. The SMILES string of the molecule is C=CCCC.C=CCCC. The summed E-state index contributed by atoms with van der Waals surface area (Å²) in [5.41, 5.74) is 0. The van der Waals surface area contributed by atoms with E-state index in [1.165, 1.54) is 12.8 Å². The Balaban J connectivity index is 0. The molecule has 0 amide bonds. The van der Waals surface area contributed by atoms with Gasteiger partial charge in [-0.1, -0.05) is 38.8 Å². The molecule has 0 saturated heterocycles. The monoisotopic (exact) mass is 140 g/mol. The quantitative estimate of drug-likeness (QED) is 0.519. The third kappa shape index (κ3) is 25.9. The molecule has 10 heavy (non-hydrogen) atoms. The molecule has 0 heteroatoms. The summed E-state index contributed by atoms with van der Waals surface area (Å²) in [6.07, 6.45) is 8.62. The number of hydrogen-bond donors (Lipinski definition) is 0. The first-order chi connectivity index (χ1) is 4.83. The molecule has 60 valence electrons. The van der Waals surface area contributed by atoms with Crippen molar-refractivity contribution in [2.45, 2.75) is 39.5 Å². The van der Waals surface area contributed by atoms with Gasteiger partial charge in [-0.15, -0.1) is 13.2 Å². The first-order valence-electron chi connectivity index (χ1n) is 4.05. The second-order valence-corrected chi connectivity index (χ2v) is 2.15. The summed E-state index contributed by atoms with van der Waals surface area (Å²) in [5.74, 6) is 0. The minimum Gasteiger partial charge on any atom is -0.103 e. The van der Waals surface area contributed by atoms with Crippen LogP contribution in [0.3, 0.4) is 0 Å². The molecule has 0 heterocycles. The standard InChI is InChI=1S/2C5H10/c2*1-3-5-4-2/h2*3H,1,4-5H2,2H3. The Labute approximate surface area is 65.7 Å². The van der Waals surface area contributed by atoms with E-state index in [0.29, 0.717) is 0 Å². The van der Waals surface area contributed by atoms with E-state index in [-0.39, 0.29) is 0 Å². The van der Waals surface area contributed by atoms with Gasteiger partial charge in [0.25, 0.3) is 0 Å². The summed E-state index contributed by atoms with van der Waals surface area (Å²) >= 11 is 0. The van der Waals surface area contributed by atoms with Crippen LogP contribution in [-0.4, -0.2) is 0 Å². The molecule has 0 saturated carbocycles. The molecule has 0 spiro atoms. The fourth-order valence-electron chi connectivity index (χ4n) is 0.408. The number of unbranched alkanes of at least 4 members (excludes halogenated alkanes) is 2. The Hall–Kier alpha value is -0.520. The van der Waals surface area contributed by atoms with Crippen molar-refractivity contribution in [2.75, 3.05) is 0 Å². The summed E-state index contributed by atoms with van der Waals surface area (Å²) in [6.45, 7) is 11.4. The van der Waals surface area contributed by atoms with Crippen LogP contribution < -0.4 is 0 Å². The average molecular weight is 140 g/mol. The Bertz CT molecular complexity index is 52.4. The summed E-state index contributed by atoms with van der Waals surface area (Å²) in [4.78, 5) is 0. The van der Waals surface area contributed by atoms with Crippen LogP contribution in [0.2, 0.25) is 0 Å². The minimum atomic E-state index is 1.15. The smallest absolute Gasteiger partial charge is 0.0356 e. The van der Waals surface area contributed by atoms with E-state index in [2.05, 4.69) is 27.0 Å². The van der Waals surface area contributed by atoms with Gasteiger partial charge in [0.1, 0.15) is 0 Å². The molecule has 0 aromatic carbocycles. The predicted molar refractivity (Wildman–Crippen MR) is 50.2 cm³/mol. The highest BCUT2D eigenvalue weighted by Crippen LogP contribution is 1.82. The molecule has 0 bridgehead atoms. The van der Waals surface area contributed by atoms with Crippen LogP contribution in [0, 0.1) is 0 Å². The maximum atomic E-state index is 3.55. The molecule has 0 aromatic rings. The largest absolute Gasteiger partial charge is 0.103 e. The molecule has 0 rings (SSSR count). The molecule has 0 aliphatic carbocycles. The third-order valence-corrected chi connectivity index (χ3v) is 0.986. The maximum Gasteiger partial charge on any atom is -0.0356 e. The fourth-order valence-corrected chi connectivity index (χ4v) is 0.408. The first kappa shape index (κ1) is 12.2.